The van der Waals surface area contributed by atoms with Gasteiger partial charge in [-0.05, 0) is 31.9 Å². The Bertz CT molecular complexity index is 327. The zero-order valence-corrected chi connectivity index (χ0v) is 12.5. The Balaban J connectivity index is 2.47. The molecule has 0 aliphatic carbocycles. The van der Waals surface area contributed by atoms with Gasteiger partial charge >= 0.3 is 0 Å². The van der Waals surface area contributed by atoms with Crippen molar-refractivity contribution in [2.45, 2.75) is 39.3 Å². The van der Waals surface area contributed by atoms with Gasteiger partial charge in [0.15, 0.2) is 0 Å². The Kier molecular flexibility index (Phi) is 7.51. The van der Waals surface area contributed by atoms with Gasteiger partial charge in [0, 0.05) is 43.1 Å². The number of rotatable bonds is 9. The van der Waals surface area contributed by atoms with Gasteiger partial charge in [0.1, 0.15) is 0 Å². The lowest BCUT2D eigenvalue weighted by molar-refractivity contribution is 0.0973. The van der Waals surface area contributed by atoms with E-state index < -0.39 is 0 Å². The van der Waals surface area contributed by atoms with Gasteiger partial charge in [-0.2, -0.15) is 0 Å². The van der Waals surface area contributed by atoms with E-state index in [9.17, 15) is 5.11 Å². The summed E-state index contributed by atoms with van der Waals surface area (Å²) >= 11 is 1.84. The molecule has 0 aromatic carbocycles. The predicted octanol–water partition coefficient (Wildman–Crippen LogP) is 2.67. The molecule has 0 unspecified atom stereocenters. The zero-order valence-electron chi connectivity index (χ0n) is 11.7. The quantitative estimate of drug-likeness (QED) is 0.701. The Morgan fingerprint density at radius 2 is 2.22 bits per heavy atom. The smallest absolute Gasteiger partial charge is 0.0664 e. The summed E-state index contributed by atoms with van der Waals surface area (Å²) < 4.78 is 5.09. The fourth-order valence-electron chi connectivity index (χ4n) is 1.89. The Morgan fingerprint density at radius 3 is 2.78 bits per heavy atom. The lowest BCUT2D eigenvalue weighted by Crippen LogP contribution is -2.32. The molecule has 0 saturated heterocycles. The van der Waals surface area contributed by atoms with E-state index >= 15 is 0 Å². The van der Waals surface area contributed by atoms with Gasteiger partial charge < -0.3 is 9.84 Å². The van der Waals surface area contributed by atoms with E-state index in [0.717, 1.165) is 39.1 Å². The molecule has 1 aromatic heterocycles. The van der Waals surface area contributed by atoms with Crippen molar-refractivity contribution in [2.24, 2.45) is 0 Å². The molecule has 18 heavy (non-hydrogen) atoms. The second-order valence-electron chi connectivity index (χ2n) is 4.66. The average Bonchev–Trinajstić information content (AvgIpc) is 2.74. The Labute approximate surface area is 114 Å². The van der Waals surface area contributed by atoms with Crippen molar-refractivity contribution in [2.75, 3.05) is 26.8 Å². The van der Waals surface area contributed by atoms with Crippen molar-refractivity contribution in [1.29, 1.82) is 0 Å². The minimum Gasteiger partial charge on any atom is -0.392 e. The lowest BCUT2D eigenvalue weighted by Gasteiger charge is -2.24. The highest BCUT2D eigenvalue weighted by molar-refractivity contribution is 7.11. The van der Waals surface area contributed by atoms with E-state index in [0.29, 0.717) is 0 Å². The van der Waals surface area contributed by atoms with Crippen LogP contribution in [-0.4, -0.2) is 42.9 Å². The summed E-state index contributed by atoms with van der Waals surface area (Å²) in [6.07, 6.45) is 1.59. The highest BCUT2D eigenvalue weighted by Gasteiger charge is 2.11. The molecule has 0 fully saturated rings. The van der Waals surface area contributed by atoms with Crippen LogP contribution >= 0.6 is 11.3 Å². The van der Waals surface area contributed by atoms with Crippen LogP contribution in [0.4, 0.5) is 0 Å². The van der Waals surface area contributed by atoms with Crippen LogP contribution in [0.1, 0.15) is 29.5 Å². The predicted molar refractivity (Wildman–Crippen MR) is 77.1 cm³/mol. The maximum absolute atomic E-state index is 9.80. The first kappa shape index (κ1) is 15.6. The van der Waals surface area contributed by atoms with E-state index in [1.807, 2.05) is 18.3 Å². The van der Waals surface area contributed by atoms with Gasteiger partial charge in [-0.15, -0.1) is 11.3 Å². The third kappa shape index (κ3) is 5.96. The van der Waals surface area contributed by atoms with Gasteiger partial charge in [-0.25, -0.2) is 0 Å². The number of aliphatic hydroxyl groups is 1. The summed E-state index contributed by atoms with van der Waals surface area (Å²) in [7, 11) is 1.73. The van der Waals surface area contributed by atoms with Gasteiger partial charge in [0.25, 0.3) is 0 Å². The van der Waals surface area contributed by atoms with E-state index in [1.54, 1.807) is 7.11 Å². The zero-order chi connectivity index (χ0) is 13.4. The number of thiophene rings is 1. The summed E-state index contributed by atoms with van der Waals surface area (Å²) in [6.45, 7) is 7.58. The van der Waals surface area contributed by atoms with Crippen LogP contribution < -0.4 is 0 Å². The van der Waals surface area contributed by atoms with Crippen molar-refractivity contribution in [3.63, 3.8) is 0 Å². The molecule has 0 spiro atoms. The third-order valence-electron chi connectivity index (χ3n) is 2.94. The van der Waals surface area contributed by atoms with E-state index in [2.05, 4.69) is 24.0 Å². The minimum absolute atomic E-state index is 0.228. The number of methoxy groups -OCH3 is 1. The summed E-state index contributed by atoms with van der Waals surface area (Å²) in [5.74, 6) is 0. The maximum atomic E-state index is 9.80. The van der Waals surface area contributed by atoms with Crippen molar-refractivity contribution in [3.05, 3.63) is 21.9 Å². The fourth-order valence-corrected chi connectivity index (χ4v) is 2.82. The first-order chi connectivity index (χ1) is 8.65. The van der Waals surface area contributed by atoms with Crippen LogP contribution in [0.15, 0.2) is 12.1 Å². The molecule has 0 radical (unpaired) electrons. The number of hydrogen-bond donors (Lipinski definition) is 1. The molecule has 0 aliphatic rings. The van der Waals surface area contributed by atoms with Crippen molar-refractivity contribution in [3.8, 4) is 0 Å². The van der Waals surface area contributed by atoms with Gasteiger partial charge in [0.2, 0.25) is 0 Å². The topological polar surface area (TPSA) is 32.7 Å². The van der Waals surface area contributed by atoms with Crippen LogP contribution in [0.25, 0.3) is 0 Å². The Hall–Kier alpha value is -0.420. The van der Waals surface area contributed by atoms with E-state index in [-0.39, 0.29) is 6.10 Å². The summed E-state index contributed by atoms with van der Waals surface area (Å²) in [6, 6.07) is 4.34. The minimum atomic E-state index is -0.228. The third-order valence-corrected chi connectivity index (χ3v) is 3.92. The molecule has 4 heteroatoms. The molecular formula is C14H25NO2S. The largest absolute Gasteiger partial charge is 0.392 e. The van der Waals surface area contributed by atoms with Crippen LogP contribution in [0.3, 0.4) is 0 Å². The molecule has 1 heterocycles. The Morgan fingerprint density at radius 1 is 1.44 bits per heavy atom. The van der Waals surface area contributed by atoms with Crippen LogP contribution in [0.5, 0.6) is 0 Å². The SMILES string of the molecule is CC[C@H](O)CN(CCCOC)Cc1ccc(C)s1. The normalized spacial score (nSPS) is 13.2. The van der Waals surface area contributed by atoms with Crippen molar-refractivity contribution >= 4 is 11.3 Å². The number of aryl methyl sites for hydroxylation is 1. The standard InChI is InChI=1S/C14H25NO2S/c1-4-13(16)10-15(8-5-9-17-3)11-14-7-6-12(2)18-14/h6-7,13,16H,4-5,8-11H2,1-3H3/t13-/m0/s1. The van der Waals surface area contributed by atoms with Gasteiger partial charge in [-0.3, -0.25) is 4.90 Å². The van der Waals surface area contributed by atoms with Crippen LogP contribution in [0.2, 0.25) is 0 Å². The number of hydrogen-bond acceptors (Lipinski definition) is 4. The molecule has 1 rings (SSSR count). The molecule has 1 N–H and O–H groups in total. The molecule has 0 bridgehead atoms. The van der Waals surface area contributed by atoms with Crippen molar-refractivity contribution < 1.29 is 9.84 Å². The summed E-state index contributed by atoms with van der Waals surface area (Å²) in [5, 5.41) is 9.80. The number of ether oxygens (including phenoxy) is 1. The van der Waals surface area contributed by atoms with E-state index in [1.165, 1.54) is 9.75 Å². The second kappa shape index (κ2) is 8.64. The molecule has 3 nitrogen and oxygen atoms in total. The molecule has 104 valence electrons. The molecule has 0 aliphatic heterocycles. The lowest BCUT2D eigenvalue weighted by atomic mass is 10.2. The maximum Gasteiger partial charge on any atom is 0.0664 e. The van der Waals surface area contributed by atoms with Crippen molar-refractivity contribution in [1.82, 2.24) is 4.90 Å². The first-order valence-electron chi connectivity index (χ1n) is 6.60. The molecule has 1 atom stereocenters. The highest BCUT2D eigenvalue weighted by atomic mass is 32.1. The monoisotopic (exact) mass is 271 g/mol. The van der Waals surface area contributed by atoms with Gasteiger partial charge in [-0.1, -0.05) is 6.92 Å². The summed E-state index contributed by atoms with van der Waals surface area (Å²) in [4.78, 5) is 5.03. The van der Waals surface area contributed by atoms with E-state index in [4.69, 9.17) is 4.74 Å². The molecular weight excluding hydrogens is 246 g/mol. The number of aliphatic hydroxyl groups excluding tert-OH is 1. The van der Waals surface area contributed by atoms with Gasteiger partial charge in [0.05, 0.1) is 6.10 Å². The van der Waals surface area contributed by atoms with Crippen LogP contribution in [-0.2, 0) is 11.3 Å². The molecule has 0 amide bonds. The molecule has 0 saturated carbocycles. The number of nitrogens with zero attached hydrogens (tertiary/aromatic N) is 1. The summed E-state index contributed by atoms with van der Waals surface area (Å²) in [5.41, 5.74) is 0. The average molecular weight is 271 g/mol. The van der Waals surface area contributed by atoms with Crippen LogP contribution in [0, 0.1) is 6.92 Å². The second-order valence-corrected chi connectivity index (χ2v) is 6.03. The fraction of sp³-hybridized carbons (Fsp3) is 0.714. The first-order valence-corrected chi connectivity index (χ1v) is 7.42. The highest BCUT2D eigenvalue weighted by Crippen LogP contribution is 2.17. The molecule has 1 aromatic rings.